The van der Waals surface area contributed by atoms with Crippen molar-refractivity contribution in [1.29, 1.82) is 0 Å². The van der Waals surface area contributed by atoms with Crippen LogP contribution in [0.5, 0.6) is 0 Å². The second kappa shape index (κ2) is 7.16. The molecule has 0 saturated carbocycles. The Labute approximate surface area is 141 Å². The van der Waals surface area contributed by atoms with Gasteiger partial charge in [-0.3, -0.25) is 19.7 Å². The first-order chi connectivity index (χ1) is 11.2. The van der Waals surface area contributed by atoms with Gasteiger partial charge in [0.25, 0.3) is 0 Å². The molecule has 1 aromatic heterocycles. The number of piperidine rings is 1. The molecule has 0 aromatic carbocycles. The Balaban J connectivity index is 1.82. The summed E-state index contributed by atoms with van der Waals surface area (Å²) in [7, 11) is 1.77. The van der Waals surface area contributed by atoms with Gasteiger partial charge in [0.1, 0.15) is 18.0 Å². The summed E-state index contributed by atoms with van der Waals surface area (Å²) in [4.78, 5) is 26.2. The number of carbonyl (C=O) groups excluding carboxylic acids is 1. The van der Waals surface area contributed by atoms with Crippen molar-refractivity contribution in [2.75, 3.05) is 20.1 Å². The van der Waals surface area contributed by atoms with Crippen LogP contribution in [0, 0.1) is 10.1 Å². The Morgan fingerprint density at radius 1 is 1.46 bits per heavy atom. The van der Waals surface area contributed by atoms with Gasteiger partial charge in [-0.05, 0) is 33.6 Å². The van der Waals surface area contributed by atoms with Gasteiger partial charge in [-0.1, -0.05) is 0 Å². The third-order valence-corrected chi connectivity index (χ3v) is 3.96. The number of ether oxygens (including phenoxy) is 1. The number of nitrogens with zero attached hydrogens (tertiary/aromatic N) is 5. The molecule has 1 fully saturated rings. The smallest absolute Gasteiger partial charge is 0.410 e. The Morgan fingerprint density at radius 2 is 2.08 bits per heavy atom. The number of hydrogen-bond acceptors (Lipinski definition) is 6. The minimum Gasteiger partial charge on any atom is -0.444 e. The molecule has 1 aromatic rings. The average Bonchev–Trinajstić information content (AvgIpc) is 2.94. The number of aromatic nitrogens is 2. The summed E-state index contributed by atoms with van der Waals surface area (Å²) in [5, 5.41) is 14.7. The first-order valence-electron chi connectivity index (χ1n) is 8.01. The van der Waals surface area contributed by atoms with Gasteiger partial charge in [0.15, 0.2) is 0 Å². The van der Waals surface area contributed by atoms with Crippen molar-refractivity contribution in [1.82, 2.24) is 19.6 Å². The zero-order valence-corrected chi connectivity index (χ0v) is 14.6. The molecule has 0 atom stereocenters. The van der Waals surface area contributed by atoms with Crippen molar-refractivity contribution >= 4 is 11.8 Å². The van der Waals surface area contributed by atoms with Crippen LogP contribution in [-0.4, -0.2) is 62.4 Å². The van der Waals surface area contributed by atoms with Crippen LogP contribution in [-0.2, 0) is 11.4 Å². The van der Waals surface area contributed by atoms with Crippen LogP contribution in [0.4, 0.5) is 10.5 Å². The molecule has 0 bridgehead atoms. The van der Waals surface area contributed by atoms with Crippen LogP contribution >= 0.6 is 0 Å². The fourth-order valence-corrected chi connectivity index (χ4v) is 2.66. The summed E-state index contributed by atoms with van der Waals surface area (Å²) in [6.45, 7) is 7.66. The van der Waals surface area contributed by atoms with E-state index in [1.54, 1.807) is 16.6 Å². The van der Waals surface area contributed by atoms with Crippen molar-refractivity contribution in [2.24, 2.45) is 0 Å². The second-order valence-electron chi connectivity index (χ2n) is 7.08. The molecule has 0 N–H and O–H groups in total. The molecule has 2 heterocycles. The summed E-state index contributed by atoms with van der Waals surface area (Å²) in [5.41, 5.74) is -0.504. The number of rotatable bonds is 4. The average molecular weight is 339 g/mol. The van der Waals surface area contributed by atoms with Gasteiger partial charge < -0.3 is 9.64 Å². The normalized spacial score (nSPS) is 16.8. The molecule has 1 aliphatic rings. The molecule has 9 heteroatoms. The van der Waals surface area contributed by atoms with E-state index >= 15 is 0 Å². The summed E-state index contributed by atoms with van der Waals surface area (Å²) in [6.07, 6.45) is 4.05. The number of hydrogen-bond donors (Lipinski definition) is 0. The molecule has 1 aliphatic heterocycles. The van der Waals surface area contributed by atoms with Crippen molar-refractivity contribution in [3.05, 3.63) is 22.5 Å². The highest BCUT2D eigenvalue weighted by molar-refractivity contribution is 5.68. The maximum atomic E-state index is 12.1. The Bertz CT molecular complexity index is 587. The lowest BCUT2D eigenvalue weighted by atomic mass is 10.0. The van der Waals surface area contributed by atoms with Gasteiger partial charge in [-0.15, -0.1) is 0 Å². The zero-order valence-electron chi connectivity index (χ0n) is 14.6. The molecular weight excluding hydrogens is 314 g/mol. The van der Waals surface area contributed by atoms with Crippen LogP contribution in [0.15, 0.2) is 12.4 Å². The Morgan fingerprint density at radius 3 is 2.58 bits per heavy atom. The molecule has 2 rings (SSSR count). The van der Waals surface area contributed by atoms with Crippen LogP contribution in [0.2, 0.25) is 0 Å². The molecular formula is C15H25N5O4. The summed E-state index contributed by atoms with van der Waals surface area (Å²) in [5.74, 6) is 0. The van der Waals surface area contributed by atoms with E-state index in [2.05, 4.69) is 10.00 Å². The van der Waals surface area contributed by atoms with Gasteiger partial charge in [0.2, 0.25) is 0 Å². The quantitative estimate of drug-likeness (QED) is 0.616. The van der Waals surface area contributed by atoms with Crippen molar-refractivity contribution < 1.29 is 14.5 Å². The van der Waals surface area contributed by atoms with E-state index in [0.29, 0.717) is 6.67 Å². The molecule has 1 saturated heterocycles. The highest BCUT2D eigenvalue weighted by atomic mass is 16.6. The molecule has 0 aliphatic carbocycles. The number of amides is 1. The van der Waals surface area contributed by atoms with Gasteiger partial charge in [-0.2, -0.15) is 5.10 Å². The van der Waals surface area contributed by atoms with E-state index in [-0.39, 0.29) is 17.8 Å². The van der Waals surface area contributed by atoms with Gasteiger partial charge in [-0.25, -0.2) is 4.79 Å². The predicted octanol–water partition coefficient (Wildman–Crippen LogP) is 2.08. The molecule has 1 amide bonds. The van der Waals surface area contributed by atoms with Crippen LogP contribution in [0.3, 0.4) is 0 Å². The van der Waals surface area contributed by atoms with E-state index in [9.17, 15) is 14.9 Å². The van der Waals surface area contributed by atoms with Crippen LogP contribution in [0.1, 0.15) is 33.6 Å². The fourth-order valence-electron chi connectivity index (χ4n) is 2.66. The minimum atomic E-state index is -0.499. The fraction of sp³-hybridized carbons (Fsp3) is 0.733. The van der Waals surface area contributed by atoms with Crippen LogP contribution in [0.25, 0.3) is 0 Å². The minimum absolute atomic E-state index is 0.00505. The monoisotopic (exact) mass is 339 g/mol. The molecule has 0 spiro atoms. The van der Waals surface area contributed by atoms with Crippen molar-refractivity contribution in [3.63, 3.8) is 0 Å². The third kappa shape index (κ3) is 4.92. The number of carbonyl (C=O) groups is 1. The molecule has 0 unspecified atom stereocenters. The number of likely N-dealkylation sites (tertiary alicyclic amines) is 1. The third-order valence-electron chi connectivity index (χ3n) is 3.96. The summed E-state index contributed by atoms with van der Waals surface area (Å²) < 4.78 is 6.96. The van der Waals surface area contributed by atoms with E-state index in [4.69, 9.17) is 4.74 Å². The van der Waals surface area contributed by atoms with Crippen molar-refractivity contribution in [2.45, 2.75) is 51.9 Å². The largest absolute Gasteiger partial charge is 0.444 e. The predicted molar refractivity (Wildman–Crippen MR) is 87.5 cm³/mol. The lowest BCUT2D eigenvalue weighted by Gasteiger charge is -2.37. The van der Waals surface area contributed by atoms with E-state index in [1.807, 2.05) is 20.8 Å². The van der Waals surface area contributed by atoms with Gasteiger partial charge in [0, 0.05) is 26.2 Å². The first kappa shape index (κ1) is 18.2. The molecule has 134 valence electrons. The zero-order chi connectivity index (χ0) is 17.9. The Kier molecular flexibility index (Phi) is 5.43. The second-order valence-corrected chi connectivity index (χ2v) is 7.08. The first-order valence-corrected chi connectivity index (χ1v) is 8.01. The lowest BCUT2D eigenvalue weighted by Crippen LogP contribution is -2.47. The molecule has 9 nitrogen and oxygen atoms in total. The van der Waals surface area contributed by atoms with Crippen LogP contribution < -0.4 is 0 Å². The maximum Gasteiger partial charge on any atom is 0.410 e. The van der Waals surface area contributed by atoms with Gasteiger partial charge in [0.05, 0.1) is 11.6 Å². The maximum absolute atomic E-state index is 12.1. The lowest BCUT2D eigenvalue weighted by molar-refractivity contribution is -0.385. The Hall–Kier alpha value is -2.16. The topological polar surface area (TPSA) is 93.7 Å². The summed E-state index contributed by atoms with van der Waals surface area (Å²) >= 11 is 0. The molecule has 24 heavy (non-hydrogen) atoms. The summed E-state index contributed by atoms with van der Waals surface area (Å²) in [6, 6.07) is 0.142. The van der Waals surface area contributed by atoms with Gasteiger partial charge >= 0.3 is 11.8 Å². The van der Waals surface area contributed by atoms with Crippen molar-refractivity contribution in [3.8, 4) is 0 Å². The highest BCUT2D eigenvalue weighted by Gasteiger charge is 2.28. The van der Waals surface area contributed by atoms with E-state index < -0.39 is 10.5 Å². The standard InChI is InChI=1S/C15H25N5O4/c1-15(2,3)24-14(21)17(4)12-5-7-18(8-6-12)11-19-10-13(9-16-19)20(22)23/h9-10,12H,5-8,11H2,1-4H3. The number of nitro groups is 1. The van der Waals surface area contributed by atoms with E-state index in [1.165, 1.54) is 12.4 Å². The SMILES string of the molecule is CN(C(=O)OC(C)(C)C)C1CCN(Cn2cc([N+](=O)[O-])cn2)CC1. The molecule has 0 radical (unpaired) electrons. The highest BCUT2D eigenvalue weighted by Crippen LogP contribution is 2.19. The van der Waals surface area contributed by atoms with E-state index in [0.717, 1.165) is 25.9 Å².